The Morgan fingerprint density at radius 3 is 1.88 bits per heavy atom. The highest BCUT2D eigenvalue weighted by Gasteiger charge is 2.15. The highest BCUT2D eigenvalue weighted by Crippen LogP contribution is 2.25. The third-order valence-electron chi connectivity index (χ3n) is 3.53. The Labute approximate surface area is 144 Å². The van der Waals surface area contributed by atoms with Crippen molar-refractivity contribution in [2.45, 2.75) is 0 Å². The first-order chi connectivity index (χ1) is 12.2. The Morgan fingerprint density at radius 2 is 1.36 bits per heavy atom. The van der Waals surface area contributed by atoms with Gasteiger partial charge in [-0.25, -0.2) is 5.43 Å². The van der Waals surface area contributed by atoms with Crippen LogP contribution in [0.2, 0.25) is 0 Å². The summed E-state index contributed by atoms with van der Waals surface area (Å²) in [6.45, 7) is 0. The van der Waals surface area contributed by atoms with Crippen molar-refractivity contribution in [3.63, 3.8) is 0 Å². The molecule has 0 fully saturated rings. The lowest BCUT2D eigenvalue weighted by Gasteiger charge is -2.11. The maximum absolute atomic E-state index is 12.2. The van der Waals surface area contributed by atoms with E-state index in [9.17, 15) is 15.0 Å². The molecule has 1 heterocycles. The average Bonchev–Trinajstić information content (AvgIpc) is 2.65. The fourth-order valence-corrected chi connectivity index (χ4v) is 2.29. The molecule has 3 aromatic rings. The molecule has 0 spiro atoms. The van der Waals surface area contributed by atoms with Crippen molar-refractivity contribution in [1.29, 1.82) is 0 Å². The number of pyridine rings is 1. The van der Waals surface area contributed by atoms with Crippen LogP contribution in [0.5, 0.6) is 11.5 Å². The van der Waals surface area contributed by atoms with E-state index in [-0.39, 0.29) is 17.2 Å². The Hall–Kier alpha value is -3.67. The highest BCUT2D eigenvalue weighted by atomic mass is 16.3. The summed E-state index contributed by atoms with van der Waals surface area (Å²) in [6, 6.07) is 16.3. The molecule has 124 valence electrons. The van der Waals surface area contributed by atoms with Crippen LogP contribution in [0, 0.1) is 0 Å². The van der Waals surface area contributed by atoms with E-state index in [4.69, 9.17) is 0 Å². The second-order valence-electron chi connectivity index (χ2n) is 5.17. The largest absolute Gasteiger partial charge is 0.507 e. The molecular formula is C19H15N3O3. The van der Waals surface area contributed by atoms with Gasteiger partial charge in [-0.15, -0.1) is 0 Å². The van der Waals surface area contributed by atoms with Crippen molar-refractivity contribution in [2.75, 3.05) is 0 Å². The predicted octanol–water partition coefficient (Wildman–Crippen LogP) is 2.68. The molecule has 0 aliphatic carbocycles. The summed E-state index contributed by atoms with van der Waals surface area (Å²) in [4.78, 5) is 16.1. The molecule has 0 aliphatic heterocycles. The second kappa shape index (κ2) is 7.27. The van der Waals surface area contributed by atoms with Gasteiger partial charge in [-0.3, -0.25) is 9.78 Å². The number of benzene rings is 2. The summed E-state index contributed by atoms with van der Waals surface area (Å²) in [5.74, 6) is -0.448. The van der Waals surface area contributed by atoms with Gasteiger partial charge < -0.3 is 10.2 Å². The smallest absolute Gasteiger partial charge is 0.271 e. The van der Waals surface area contributed by atoms with Crippen molar-refractivity contribution in [1.82, 2.24) is 10.4 Å². The van der Waals surface area contributed by atoms with Crippen LogP contribution in [0.25, 0.3) is 0 Å². The van der Waals surface area contributed by atoms with Gasteiger partial charge in [-0.05, 0) is 36.4 Å². The number of hydrazone groups is 1. The number of nitrogens with zero attached hydrogens (tertiary/aromatic N) is 2. The first kappa shape index (κ1) is 16.2. The van der Waals surface area contributed by atoms with Gasteiger partial charge in [0.15, 0.2) is 0 Å². The molecule has 3 N–H and O–H groups in total. The van der Waals surface area contributed by atoms with Gasteiger partial charge in [-0.2, -0.15) is 5.10 Å². The predicted molar refractivity (Wildman–Crippen MR) is 93.6 cm³/mol. The van der Waals surface area contributed by atoms with E-state index in [0.717, 1.165) is 0 Å². The van der Waals surface area contributed by atoms with E-state index in [1.165, 1.54) is 24.5 Å². The Morgan fingerprint density at radius 1 is 0.840 bits per heavy atom. The van der Waals surface area contributed by atoms with E-state index in [2.05, 4.69) is 15.5 Å². The fourth-order valence-electron chi connectivity index (χ4n) is 2.29. The molecule has 0 saturated carbocycles. The zero-order valence-electron chi connectivity index (χ0n) is 13.1. The maximum atomic E-state index is 12.2. The van der Waals surface area contributed by atoms with Gasteiger partial charge in [-0.1, -0.05) is 24.3 Å². The van der Waals surface area contributed by atoms with Crippen LogP contribution in [0.1, 0.15) is 21.5 Å². The molecule has 0 aliphatic rings. The van der Waals surface area contributed by atoms with Crippen LogP contribution in [0.3, 0.4) is 0 Å². The highest BCUT2D eigenvalue weighted by molar-refractivity contribution is 6.16. The van der Waals surface area contributed by atoms with E-state index < -0.39 is 5.91 Å². The minimum Gasteiger partial charge on any atom is -0.507 e. The normalized spacial score (nSPS) is 10.1. The van der Waals surface area contributed by atoms with E-state index >= 15 is 0 Å². The molecule has 1 aromatic heterocycles. The number of phenolic OH excluding ortho intramolecular Hbond substituents is 2. The summed E-state index contributed by atoms with van der Waals surface area (Å²) >= 11 is 0. The number of carbonyl (C=O) groups is 1. The van der Waals surface area contributed by atoms with Gasteiger partial charge in [0, 0.05) is 29.1 Å². The van der Waals surface area contributed by atoms with Crippen LogP contribution in [0.15, 0.2) is 78.2 Å². The number of phenols is 2. The summed E-state index contributed by atoms with van der Waals surface area (Å²) in [5, 5.41) is 24.4. The molecule has 3 rings (SSSR count). The van der Waals surface area contributed by atoms with Crippen molar-refractivity contribution in [3.05, 3.63) is 89.7 Å². The van der Waals surface area contributed by atoms with E-state index in [1.54, 1.807) is 48.5 Å². The number of hydrogen-bond donors (Lipinski definition) is 3. The molecular weight excluding hydrogens is 318 g/mol. The first-order valence-electron chi connectivity index (χ1n) is 7.51. The monoisotopic (exact) mass is 333 g/mol. The molecule has 0 atom stereocenters. The Kier molecular flexibility index (Phi) is 4.71. The van der Waals surface area contributed by atoms with Gasteiger partial charge >= 0.3 is 0 Å². The number of carbonyl (C=O) groups excluding carboxylic acids is 1. The van der Waals surface area contributed by atoms with E-state index in [1.807, 2.05) is 0 Å². The molecule has 2 aromatic carbocycles. The van der Waals surface area contributed by atoms with Crippen molar-refractivity contribution < 1.29 is 15.0 Å². The average molecular weight is 333 g/mol. The summed E-state index contributed by atoms with van der Waals surface area (Å²) in [7, 11) is 0. The molecule has 0 unspecified atom stereocenters. The fraction of sp³-hybridized carbons (Fsp3) is 0. The van der Waals surface area contributed by atoms with Crippen molar-refractivity contribution in [2.24, 2.45) is 5.10 Å². The SMILES string of the molecule is O=C(NN=C(c1ccccc1O)c1ccccc1O)c1ccncc1. The Bertz CT molecular complexity index is 876. The first-order valence-corrected chi connectivity index (χ1v) is 7.51. The molecule has 1 amide bonds. The van der Waals surface area contributed by atoms with E-state index in [0.29, 0.717) is 16.7 Å². The van der Waals surface area contributed by atoms with Crippen LogP contribution < -0.4 is 5.43 Å². The zero-order chi connectivity index (χ0) is 17.6. The zero-order valence-corrected chi connectivity index (χ0v) is 13.1. The topological polar surface area (TPSA) is 94.8 Å². The summed E-state index contributed by atoms with van der Waals surface area (Å²) < 4.78 is 0. The number of para-hydroxylation sites is 2. The molecule has 0 bridgehead atoms. The Balaban J connectivity index is 2.01. The van der Waals surface area contributed by atoms with Crippen molar-refractivity contribution >= 4 is 11.6 Å². The lowest BCUT2D eigenvalue weighted by molar-refractivity contribution is 0.0954. The van der Waals surface area contributed by atoms with Crippen LogP contribution >= 0.6 is 0 Å². The molecule has 6 heteroatoms. The van der Waals surface area contributed by atoms with Crippen LogP contribution in [-0.4, -0.2) is 26.8 Å². The van der Waals surface area contributed by atoms with Gasteiger partial charge in [0.05, 0.1) is 0 Å². The minimum atomic E-state index is -0.425. The lowest BCUT2D eigenvalue weighted by Crippen LogP contribution is -2.20. The molecule has 25 heavy (non-hydrogen) atoms. The standard InChI is InChI=1S/C19H15N3O3/c23-16-7-3-1-5-14(16)18(15-6-2-4-8-17(15)24)21-22-19(25)13-9-11-20-12-10-13/h1-12,23-24H,(H,22,25). The summed E-state index contributed by atoms with van der Waals surface area (Å²) in [6.07, 6.45) is 3.01. The third-order valence-corrected chi connectivity index (χ3v) is 3.53. The third kappa shape index (κ3) is 3.64. The lowest BCUT2D eigenvalue weighted by atomic mass is 10.0. The maximum Gasteiger partial charge on any atom is 0.271 e. The number of amides is 1. The van der Waals surface area contributed by atoms with Gasteiger partial charge in [0.25, 0.3) is 5.91 Å². The second-order valence-corrected chi connectivity index (χ2v) is 5.17. The molecule has 0 radical (unpaired) electrons. The quantitative estimate of drug-likeness (QED) is 0.505. The van der Waals surface area contributed by atoms with Gasteiger partial charge in [0.2, 0.25) is 0 Å². The summed E-state index contributed by atoms with van der Waals surface area (Å²) in [5.41, 5.74) is 3.87. The molecule has 0 saturated heterocycles. The number of nitrogens with one attached hydrogen (secondary N) is 1. The minimum absolute atomic E-state index is 0.0114. The molecule has 6 nitrogen and oxygen atoms in total. The van der Waals surface area contributed by atoms with Crippen LogP contribution in [0.4, 0.5) is 0 Å². The number of hydrogen-bond acceptors (Lipinski definition) is 5. The van der Waals surface area contributed by atoms with Crippen molar-refractivity contribution in [3.8, 4) is 11.5 Å². The number of aromatic hydroxyl groups is 2. The number of aromatic nitrogens is 1. The van der Waals surface area contributed by atoms with Crippen LogP contribution in [-0.2, 0) is 0 Å². The number of rotatable bonds is 4. The van der Waals surface area contributed by atoms with Gasteiger partial charge in [0.1, 0.15) is 17.2 Å².